The fourth-order valence-electron chi connectivity index (χ4n) is 6.26. The number of nitrogen functional groups attached to an aromatic ring is 2. The fourth-order valence-corrected chi connectivity index (χ4v) is 6.26. The van der Waals surface area contributed by atoms with E-state index in [0.717, 1.165) is 24.3 Å². The van der Waals surface area contributed by atoms with Gasteiger partial charge in [-0.2, -0.15) is 0 Å². The molecule has 0 aromatic heterocycles. The molecule has 190 valence electrons. The lowest BCUT2D eigenvalue weighted by atomic mass is 9.55. The Morgan fingerprint density at radius 2 is 1.05 bits per heavy atom. The lowest BCUT2D eigenvalue weighted by molar-refractivity contribution is 0.127. The van der Waals surface area contributed by atoms with Crippen LogP contribution in [0.15, 0.2) is 97.1 Å². The van der Waals surface area contributed by atoms with Crippen molar-refractivity contribution in [2.45, 2.75) is 45.4 Å². The molecule has 4 nitrogen and oxygen atoms in total. The first-order valence-electron chi connectivity index (χ1n) is 13.0. The molecule has 0 aliphatic heterocycles. The first-order chi connectivity index (χ1) is 17.7. The van der Waals surface area contributed by atoms with Crippen molar-refractivity contribution < 1.29 is 9.47 Å². The van der Waals surface area contributed by atoms with Crippen LogP contribution in [0.1, 0.15) is 51.2 Å². The lowest BCUT2D eigenvalue weighted by Crippen LogP contribution is -2.41. The van der Waals surface area contributed by atoms with Gasteiger partial charge in [-0.3, -0.25) is 0 Å². The quantitative estimate of drug-likeness (QED) is 0.264. The first kappa shape index (κ1) is 24.8. The zero-order valence-electron chi connectivity index (χ0n) is 21.9. The van der Waals surface area contributed by atoms with Gasteiger partial charge in [0.25, 0.3) is 0 Å². The summed E-state index contributed by atoms with van der Waals surface area (Å²) in [5.41, 5.74) is 16.2. The summed E-state index contributed by atoms with van der Waals surface area (Å²) in [5, 5.41) is 0. The number of rotatable bonds is 6. The second-order valence-corrected chi connectivity index (χ2v) is 11.3. The summed E-state index contributed by atoms with van der Waals surface area (Å²) in [6.07, 6.45) is 3.38. The fraction of sp³-hybridized carbons (Fsp3) is 0.273. The monoisotopic (exact) mass is 492 g/mol. The molecule has 0 bridgehead atoms. The Balaban J connectivity index is 1.48. The van der Waals surface area contributed by atoms with Gasteiger partial charge < -0.3 is 20.9 Å². The highest BCUT2D eigenvalue weighted by atomic mass is 16.5. The van der Waals surface area contributed by atoms with Gasteiger partial charge in [-0.25, -0.2) is 0 Å². The zero-order chi connectivity index (χ0) is 26.0. The van der Waals surface area contributed by atoms with E-state index in [4.69, 9.17) is 20.9 Å². The van der Waals surface area contributed by atoms with Gasteiger partial charge in [0.2, 0.25) is 0 Å². The predicted molar refractivity (Wildman–Crippen MR) is 152 cm³/mol. The number of nitrogens with two attached hydrogens (primary N) is 2. The second-order valence-electron chi connectivity index (χ2n) is 11.3. The van der Waals surface area contributed by atoms with E-state index in [2.05, 4.69) is 69.3 Å². The van der Waals surface area contributed by atoms with Crippen molar-refractivity contribution >= 4 is 11.4 Å². The molecule has 1 fully saturated rings. The molecule has 1 aliphatic carbocycles. The third-order valence-electron chi connectivity index (χ3n) is 7.49. The Hall–Kier alpha value is -3.92. The zero-order valence-corrected chi connectivity index (χ0v) is 21.9. The van der Waals surface area contributed by atoms with Crippen LogP contribution in [0.3, 0.4) is 0 Å². The number of ether oxygens (including phenoxy) is 2. The number of benzene rings is 4. The molecule has 0 saturated heterocycles. The summed E-state index contributed by atoms with van der Waals surface area (Å²) >= 11 is 0. The maximum absolute atomic E-state index is 6.08. The molecule has 5 rings (SSSR count). The van der Waals surface area contributed by atoms with Crippen LogP contribution in [0.5, 0.6) is 23.0 Å². The molecular weight excluding hydrogens is 456 g/mol. The van der Waals surface area contributed by atoms with Crippen LogP contribution in [0.25, 0.3) is 0 Å². The normalized spacial score (nSPS) is 18.2. The molecule has 0 amide bonds. The van der Waals surface area contributed by atoms with Gasteiger partial charge in [0.15, 0.2) is 0 Å². The van der Waals surface area contributed by atoms with Crippen molar-refractivity contribution in [3.8, 4) is 23.0 Å². The van der Waals surface area contributed by atoms with Crippen LogP contribution in [0.4, 0.5) is 11.4 Å². The summed E-state index contributed by atoms with van der Waals surface area (Å²) in [4.78, 5) is 0. The van der Waals surface area contributed by atoms with Gasteiger partial charge in [0.05, 0.1) is 11.4 Å². The van der Waals surface area contributed by atoms with Crippen LogP contribution in [-0.2, 0) is 5.41 Å². The first-order valence-corrected chi connectivity index (χ1v) is 13.0. The van der Waals surface area contributed by atoms with E-state index >= 15 is 0 Å². The highest BCUT2D eigenvalue weighted by Crippen LogP contribution is 2.54. The van der Waals surface area contributed by atoms with Crippen LogP contribution in [0, 0.1) is 11.3 Å². The molecule has 37 heavy (non-hydrogen) atoms. The average Bonchev–Trinajstić information content (AvgIpc) is 2.86. The van der Waals surface area contributed by atoms with Crippen LogP contribution >= 0.6 is 0 Å². The van der Waals surface area contributed by atoms with Gasteiger partial charge in [-0.15, -0.1) is 0 Å². The minimum atomic E-state index is -0.101. The molecule has 1 atom stereocenters. The molecular formula is C33H36N2O2. The molecule has 4 N–H and O–H groups in total. The summed E-state index contributed by atoms with van der Waals surface area (Å²) in [6.45, 7) is 7.16. The third-order valence-corrected chi connectivity index (χ3v) is 7.49. The van der Waals surface area contributed by atoms with E-state index in [0.29, 0.717) is 28.8 Å². The van der Waals surface area contributed by atoms with Crippen molar-refractivity contribution in [2.24, 2.45) is 11.3 Å². The van der Waals surface area contributed by atoms with Crippen molar-refractivity contribution in [1.29, 1.82) is 0 Å². The Labute approximate surface area is 220 Å². The van der Waals surface area contributed by atoms with Crippen LogP contribution in [-0.4, -0.2) is 0 Å². The summed E-state index contributed by atoms with van der Waals surface area (Å²) < 4.78 is 12.2. The molecule has 4 heteroatoms. The summed E-state index contributed by atoms with van der Waals surface area (Å²) in [6, 6.07) is 32.3. The smallest absolute Gasteiger partial charge is 0.150 e. The van der Waals surface area contributed by atoms with Gasteiger partial charge >= 0.3 is 0 Å². The van der Waals surface area contributed by atoms with E-state index in [1.165, 1.54) is 17.5 Å². The SMILES string of the molecule is CC1CC(C)(C)CC(c2ccc(Oc3ccccc3N)cc2)(c2ccc(Oc3ccccc3N)cc2)C1. The molecule has 0 radical (unpaired) electrons. The summed E-state index contributed by atoms with van der Waals surface area (Å²) in [5.74, 6) is 3.51. The maximum atomic E-state index is 6.08. The molecule has 4 aromatic carbocycles. The Bertz CT molecular complexity index is 1270. The van der Waals surface area contributed by atoms with Gasteiger partial charge in [0.1, 0.15) is 23.0 Å². The van der Waals surface area contributed by atoms with Gasteiger partial charge in [-0.1, -0.05) is 69.3 Å². The van der Waals surface area contributed by atoms with E-state index in [1.807, 2.05) is 48.5 Å². The molecule has 1 unspecified atom stereocenters. The van der Waals surface area contributed by atoms with Crippen LogP contribution in [0.2, 0.25) is 0 Å². The maximum Gasteiger partial charge on any atom is 0.150 e. The van der Waals surface area contributed by atoms with Crippen molar-refractivity contribution in [3.63, 3.8) is 0 Å². The third kappa shape index (κ3) is 5.29. The Morgan fingerprint density at radius 1 is 0.622 bits per heavy atom. The van der Waals surface area contributed by atoms with Crippen molar-refractivity contribution in [3.05, 3.63) is 108 Å². The summed E-state index contributed by atoms with van der Waals surface area (Å²) in [7, 11) is 0. The van der Waals surface area contributed by atoms with E-state index in [9.17, 15) is 0 Å². The Kier molecular flexibility index (Phi) is 6.59. The Morgan fingerprint density at radius 3 is 1.46 bits per heavy atom. The van der Waals surface area contributed by atoms with Gasteiger partial charge in [0, 0.05) is 5.41 Å². The minimum Gasteiger partial charge on any atom is -0.455 e. The highest BCUT2D eigenvalue weighted by Gasteiger charge is 2.45. The van der Waals surface area contributed by atoms with Crippen molar-refractivity contribution in [2.75, 3.05) is 11.5 Å². The minimum absolute atomic E-state index is 0.101. The van der Waals surface area contributed by atoms with Crippen molar-refractivity contribution in [1.82, 2.24) is 0 Å². The van der Waals surface area contributed by atoms with E-state index < -0.39 is 0 Å². The number of hydrogen-bond donors (Lipinski definition) is 2. The van der Waals surface area contributed by atoms with E-state index in [1.54, 1.807) is 0 Å². The standard InChI is InChI=1S/C33H36N2O2/c1-23-20-32(2,3)22-33(21-23,24-12-16-26(17-13-24)36-30-10-6-4-8-28(30)34)25-14-18-27(19-15-25)37-31-11-7-5-9-29(31)35/h4-19,23H,20-22,34-35H2,1-3H3. The highest BCUT2D eigenvalue weighted by molar-refractivity contribution is 5.55. The number of anilines is 2. The molecule has 4 aromatic rings. The molecule has 0 spiro atoms. The number of para-hydroxylation sites is 4. The molecule has 1 saturated carbocycles. The number of hydrogen-bond acceptors (Lipinski definition) is 4. The lowest BCUT2D eigenvalue weighted by Gasteiger charge is -2.48. The molecule has 0 heterocycles. The second kappa shape index (κ2) is 9.85. The van der Waals surface area contributed by atoms with Crippen LogP contribution < -0.4 is 20.9 Å². The average molecular weight is 493 g/mol. The topological polar surface area (TPSA) is 70.5 Å². The largest absolute Gasteiger partial charge is 0.455 e. The predicted octanol–water partition coefficient (Wildman–Crippen LogP) is 8.57. The van der Waals surface area contributed by atoms with E-state index in [-0.39, 0.29) is 10.8 Å². The van der Waals surface area contributed by atoms with Gasteiger partial charge in [-0.05, 0) is 90.3 Å². The molecule has 1 aliphatic rings.